The van der Waals surface area contributed by atoms with Crippen LogP contribution >= 0.6 is 15.9 Å². The van der Waals surface area contributed by atoms with Crippen LogP contribution in [0.3, 0.4) is 0 Å². The summed E-state index contributed by atoms with van der Waals surface area (Å²) < 4.78 is 7.02. The molecule has 2 nitrogen and oxygen atoms in total. The van der Waals surface area contributed by atoms with Crippen LogP contribution in [0.15, 0.2) is 39.2 Å². The minimum Gasteiger partial charge on any atom is -0.464 e. The summed E-state index contributed by atoms with van der Waals surface area (Å²) in [6.07, 6.45) is 1.27. The molecular formula is C16H18BrNO. The first-order chi connectivity index (χ1) is 9.15. The number of furan rings is 1. The molecule has 100 valence electrons. The van der Waals surface area contributed by atoms with Gasteiger partial charge in [-0.15, -0.1) is 0 Å². The molecule has 1 aromatic heterocycles. The standard InChI is InChI=1S/C16H18BrNO/c1-10-8-13(10)16-7-6-12(19-16)9-18-15-5-3-4-14(17)11(15)2/h3-7,10,13,18H,8-9H2,1-2H3. The maximum Gasteiger partial charge on any atom is 0.123 e. The van der Waals surface area contributed by atoms with Crippen LogP contribution < -0.4 is 5.32 Å². The van der Waals surface area contributed by atoms with E-state index in [0.717, 1.165) is 34.1 Å². The van der Waals surface area contributed by atoms with Crippen molar-refractivity contribution in [3.05, 3.63) is 51.9 Å². The van der Waals surface area contributed by atoms with Crippen molar-refractivity contribution in [1.29, 1.82) is 0 Å². The molecule has 2 unspecified atom stereocenters. The van der Waals surface area contributed by atoms with E-state index in [1.165, 1.54) is 12.0 Å². The van der Waals surface area contributed by atoms with Gasteiger partial charge in [-0.1, -0.05) is 28.9 Å². The first-order valence-electron chi connectivity index (χ1n) is 6.72. The van der Waals surface area contributed by atoms with Crippen molar-refractivity contribution in [3.8, 4) is 0 Å². The maximum absolute atomic E-state index is 5.90. The molecule has 0 radical (unpaired) electrons. The Labute approximate surface area is 122 Å². The number of hydrogen-bond acceptors (Lipinski definition) is 2. The minimum atomic E-state index is 0.654. The lowest BCUT2D eigenvalue weighted by Gasteiger charge is -2.09. The average molecular weight is 320 g/mol. The van der Waals surface area contributed by atoms with Crippen molar-refractivity contribution >= 4 is 21.6 Å². The molecule has 0 saturated heterocycles. The van der Waals surface area contributed by atoms with Crippen LogP contribution in [-0.2, 0) is 6.54 Å². The molecule has 1 aliphatic rings. The third-order valence-electron chi connectivity index (χ3n) is 3.88. The van der Waals surface area contributed by atoms with Gasteiger partial charge in [0.05, 0.1) is 6.54 Å². The first-order valence-corrected chi connectivity index (χ1v) is 7.52. The highest BCUT2D eigenvalue weighted by molar-refractivity contribution is 9.10. The second kappa shape index (κ2) is 5.04. The number of hydrogen-bond donors (Lipinski definition) is 1. The Morgan fingerprint density at radius 2 is 2.11 bits per heavy atom. The molecular weight excluding hydrogens is 302 g/mol. The smallest absolute Gasteiger partial charge is 0.123 e. The predicted molar refractivity (Wildman–Crippen MR) is 81.4 cm³/mol. The van der Waals surface area contributed by atoms with Gasteiger partial charge < -0.3 is 9.73 Å². The predicted octanol–water partition coefficient (Wildman–Crippen LogP) is 5.09. The summed E-state index contributed by atoms with van der Waals surface area (Å²) >= 11 is 3.55. The van der Waals surface area contributed by atoms with Crippen LogP contribution in [0, 0.1) is 12.8 Å². The van der Waals surface area contributed by atoms with Crippen LogP contribution in [0.2, 0.25) is 0 Å². The fraction of sp³-hybridized carbons (Fsp3) is 0.375. The van der Waals surface area contributed by atoms with Gasteiger partial charge in [0.25, 0.3) is 0 Å². The van der Waals surface area contributed by atoms with Gasteiger partial charge in [-0.25, -0.2) is 0 Å². The quantitative estimate of drug-likeness (QED) is 0.849. The van der Waals surface area contributed by atoms with Gasteiger partial charge in [-0.3, -0.25) is 0 Å². The van der Waals surface area contributed by atoms with E-state index in [1.54, 1.807) is 0 Å². The van der Waals surface area contributed by atoms with Crippen molar-refractivity contribution in [1.82, 2.24) is 0 Å². The molecule has 2 aromatic rings. The zero-order valence-electron chi connectivity index (χ0n) is 11.2. The van der Waals surface area contributed by atoms with E-state index in [2.05, 4.69) is 59.4 Å². The second-order valence-electron chi connectivity index (χ2n) is 5.39. The van der Waals surface area contributed by atoms with Crippen LogP contribution in [0.25, 0.3) is 0 Å². The minimum absolute atomic E-state index is 0.654. The highest BCUT2D eigenvalue weighted by Crippen LogP contribution is 2.47. The molecule has 1 heterocycles. The summed E-state index contributed by atoms with van der Waals surface area (Å²) in [5.41, 5.74) is 2.37. The maximum atomic E-state index is 5.90. The molecule has 0 amide bonds. The van der Waals surface area contributed by atoms with Gasteiger partial charge in [0.1, 0.15) is 11.5 Å². The molecule has 0 aliphatic heterocycles. The molecule has 0 bridgehead atoms. The molecule has 1 fully saturated rings. The summed E-state index contributed by atoms with van der Waals surface area (Å²) in [5.74, 6) is 3.60. The normalized spacial score (nSPS) is 21.4. The fourth-order valence-corrected chi connectivity index (χ4v) is 2.75. The van der Waals surface area contributed by atoms with Crippen molar-refractivity contribution in [2.45, 2.75) is 32.7 Å². The zero-order chi connectivity index (χ0) is 13.4. The Hall–Kier alpha value is -1.22. The van der Waals surface area contributed by atoms with Gasteiger partial charge in [0, 0.05) is 16.1 Å². The third kappa shape index (κ3) is 2.71. The van der Waals surface area contributed by atoms with E-state index >= 15 is 0 Å². The van der Waals surface area contributed by atoms with E-state index in [9.17, 15) is 0 Å². The van der Waals surface area contributed by atoms with Gasteiger partial charge in [0.15, 0.2) is 0 Å². The first kappa shape index (κ1) is 12.8. The Balaban J connectivity index is 1.66. The SMILES string of the molecule is Cc1c(Br)cccc1NCc1ccc(C2CC2C)o1. The summed E-state index contributed by atoms with van der Waals surface area (Å²) in [6.45, 7) is 5.11. The highest BCUT2D eigenvalue weighted by atomic mass is 79.9. The summed E-state index contributed by atoms with van der Waals surface area (Å²) in [4.78, 5) is 0. The van der Waals surface area contributed by atoms with E-state index in [1.807, 2.05) is 6.07 Å². The highest BCUT2D eigenvalue weighted by Gasteiger charge is 2.36. The second-order valence-corrected chi connectivity index (χ2v) is 6.24. The van der Waals surface area contributed by atoms with Gasteiger partial charge >= 0.3 is 0 Å². The number of rotatable bonds is 4. The van der Waals surface area contributed by atoms with Crippen molar-refractivity contribution < 1.29 is 4.42 Å². The lowest BCUT2D eigenvalue weighted by atomic mass is 10.2. The Kier molecular flexibility index (Phi) is 3.40. The number of benzene rings is 1. The summed E-state index contributed by atoms with van der Waals surface area (Å²) in [5, 5.41) is 3.43. The molecule has 3 rings (SSSR count). The van der Waals surface area contributed by atoms with Crippen molar-refractivity contribution in [2.75, 3.05) is 5.32 Å². The van der Waals surface area contributed by atoms with Gasteiger partial charge in [-0.2, -0.15) is 0 Å². The van der Waals surface area contributed by atoms with Gasteiger partial charge in [-0.05, 0) is 49.1 Å². The van der Waals surface area contributed by atoms with Crippen LogP contribution in [0.1, 0.15) is 36.3 Å². The molecule has 1 saturated carbocycles. The van der Waals surface area contributed by atoms with Crippen molar-refractivity contribution in [3.63, 3.8) is 0 Å². The molecule has 1 aliphatic carbocycles. The van der Waals surface area contributed by atoms with E-state index in [4.69, 9.17) is 4.42 Å². The molecule has 1 N–H and O–H groups in total. The number of halogens is 1. The average Bonchev–Trinajstić information content (AvgIpc) is 2.94. The molecule has 3 heteroatoms. The lowest BCUT2D eigenvalue weighted by Crippen LogP contribution is -2.00. The third-order valence-corrected chi connectivity index (χ3v) is 4.74. The van der Waals surface area contributed by atoms with E-state index < -0.39 is 0 Å². The number of nitrogens with one attached hydrogen (secondary N) is 1. The van der Waals surface area contributed by atoms with Crippen molar-refractivity contribution in [2.24, 2.45) is 5.92 Å². The largest absolute Gasteiger partial charge is 0.464 e. The van der Waals surface area contributed by atoms with Crippen LogP contribution in [-0.4, -0.2) is 0 Å². The topological polar surface area (TPSA) is 25.2 Å². The molecule has 2 atom stereocenters. The van der Waals surface area contributed by atoms with Crippen LogP contribution in [0.5, 0.6) is 0 Å². The fourth-order valence-electron chi connectivity index (χ4n) is 2.39. The zero-order valence-corrected chi connectivity index (χ0v) is 12.8. The number of anilines is 1. The van der Waals surface area contributed by atoms with E-state index in [-0.39, 0.29) is 0 Å². The monoisotopic (exact) mass is 319 g/mol. The Morgan fingerprint density at radius 1 is 1.32 bits per heavy atom. The lowest BCUT2D eigenvalue weighted by molar-refractivity contribution is 0.468. The summed E-state index contributed by atoms with van der Waals surface area (Å²) in [7, 11) is 0. The van der Waals surface area contributed by atoms with E-state index in [0.29, 0.717) is 5.92 Å². The molecule has 1 aromatic carbocycles. The Bertz CT molecular complexity index is 590. The van der Waals surface area contributed by atoms with Gasteiger partial charge in [0.2, 0.25) is 0 Å². The molecule has 19 heavy (non-hydrogen) atoms. The van der Waals surface area contributed by atoms with Crippen LogP contribution in [0.4, 0.5) is 5.69 Å². The Morgan fingerprint density at radius 3 is 2.84 bits per heavy atom. The summed E-state index contributed by atoms with van der Waals surface area (Å²) in [6, 6.07) is 10.4. The molecule has 0 spiro atoms.